The van der Waals surface area contributed by atoms with E-state index in [2.05, 4.69) is 4.57 Å². The van der Waals surface area contributed by atoms with Crippen LogP contribution in [-0.4, -0.2) is 15.8 Å². The third-order valence-electron chi connectivity index (χ3n) is 5.27. The molecule has 2 fully saturated rings. The number of rotatable bonds is 1. The van der Waals surface area contributed by atoms with Crippen LogP contribution in [0.3, 0.4) is 0 Å². The van der Waals surface area contributed by atoms with E-state index in [0.29, 0.717) is 11.5 Å². The van der Waals surface area contributed by atoms with E-state index < -0.39 is 0 Å². The van der Waals surface area contributed by atoms with Crippen LogP contribution in [0.1, 0.15) is 56.6 Å². The van der Waals surface area contributed by atoms with Crippen LogP contribution < -0.4 is 5.43 Å². The fraction of sp³-hybridized carbons (Fsp3) is 0.688. The number of aryl methyl sites for hydroxylation is 1. The van der Waals surface area contributed by atoms with Gasteiger partial charge in [0.15, 0.2) is 5.43 Å². The molecule has 2 atom stereocenters. The molecule has 3 heteroatoms. The molecule has 0 amide bonds. The number of nitrogens with zero attached hydrogens (tertiary/aromatic N) is 1. The minimum Gasteiger partial charge on any atom is -0.393 e. The molecule has 2 saturated carbocycles. The van der Waals surface area contributed by atoms with Gasteiger partial charge in [0.25, 0.3) is 0 Å². The predicted molar refractivity (Wildman–Crippen MR) is 75.2 cm³/mol. The molecule has 0 radical (unpaired) electrons. The molecular weight excluding hydrogens is 238 g/mol. The van der Waals surface area contributed by atoms with Gasteiger partial charge < -0.3 is 9.67 Å². The largest absolute Gasteiger partial charge is 0.393 e. The Morgan fingerprint density at radius 1 is 1.32 bits per heavy atom. The van der Waals surface area contributed by atoms with Gasteiger partial charge in [-0.3, -0.25) is 4.79 Å². The Morgan fingerprint density at radius 2 is 2.05 bits per heavy atom. The number of aromatic nitrogens is 1. The van der Waals surface area contributed by atoms with Gasteiger partial charge in [0, 0.05) is 30.1 Å². The zero-order valence-electron chi connectivity index (χ0n) is 11.6. The fourth-order valence-electron chi connectivity index (χ4n) is 4.16. The molecule has 2 unspecified atom stereocenters. The molecule has 0 bridgehead atoms. The summed E-state index contributed by atoms with van der Waals surface area (Å²) in [7, 11) is 0. The zero-order chi connectivity index (χ0) is 13.5. The van der Waals surface area contributed by atoms with Gasteiger partial charge in [-0.05, 0) is 44.4 Å². The van der Waals surface area contributed by atoms with Crippen molar-refractivity contribution in [1.29, 1.82) is 0 Å². The number of hydrogen-bond donors (Lipinski definition) is 1. The second-order valence-electron chi connectivity index (χ2n) is 6.45. The molecule has 1 spiro atoms. The van der Waals surface area contributed by atoms with Gasteiger partial charge in [-0.25, -0.2) is 0 Å². The van der Waals surface area contributed by atoms with Gasteiger partial charge in [0.2, 0.25) is 0 Å². The van der Waals surface area contributed by atoms with Crippen molar-refractivity contribution >= 4 is 0 Å². The molecule has 1 heterocycles. The van der Waals surface area contributed by atoms with Gasteiger partial charge in [0.1, 0.15) is 0 Å². The van der Waals surface area contributed by atoms with Crippen molar-refractivity contribution in [3.05, 3.63) is 34.2 Å². The normalized spacial score (nSPS) is 29.8. The third-order valence-corrected chi connectivity index (χ3v) is 5.27. The predicted octanol–water partition coefficient (Wildman–Crippen LogP) is 2.80. The highest BCUT2D eigenvalue weighted by molar-refractivity contribution is 5.11. The summed E-state index contributed by atoms with van der Waals surface area (Å²) in [4.78, 5) is 11.6. The second-order valence-corrected chi connectivity index (χ2v) is 6.45. The molecule has 1 aromatic heterocycles. The molecule has 104 valence electrons. The lowest BCUT2D eigenvalue weighted by Gasteiger charge is -2.44. The first-order valence-electron chi connectivity index (χ1n) is 7.47. The molecule has 19 heavy (non-hydrogen) atoms. The van der Waals surface area contributed by atoms with E-state index in [-0.39, 0.29) is 11.5 Å². The van der Waals surface area contributed by atoms with E-state index in [9.17, 15) is 9.90 Å². The van der Waals surface area contributed by atoms with Crippen molar-refractivity contribution in [1.82, 2.24) is 4.57 Å². The second kappa shape index (κ2) is 4.78. The van der Waals surface area contributed by atoms with Crippen LogP contribution in [-0.2, 0) is 0 Å². The van der Waals surface area contributed by atoms with Gasteiger partial charge in [-0.15, -0.1) is 0 Å². The zero-order valence-corrected chi connectivity index (χ0v) is 11.6. The lowest BCUT2D eigenvalue weighted by Crippen LogP contribution is -2.38. The number of aliphatic hydroxyl groups excluding tert-OH is 1. The first kappa shape index (κ1) is 12.9. The van der Waals surface area contributed by atoms with Crippen molar-refractivity contribution in [3.8, 4) is 0 Å². The van der Waals surface area contributed by atoms with Crippen LogP contribution in [0.5, 0.6) is 0 Å². The maximum atomic E-state index is 11.6. The molecule has 2 aliphatic carbocycles. The number of hydrogen-bond acceptors (Lipinski definition) is 2. The average molecular weight is 261 g/mol. The summed E-state index contributed by atoms with van der Waals surface area (Å²) in [5, 5.41) is 10.0. The van der Waals surface area contributed by atoms with E-state index >= 15 is 0 Å². The Balaban J connectivity index is 1.98. The lowest BCUT2D eigenvalue weighted by atomic mass is 9.68. The van der Waals surface area contributed by atoms with Crippen molar-refractivity contribution < 1.29 is 5.11 Å². The van der Waals surface area contributed by atoms with Gasteiger partial charge in [-0.1, -0.05) is 12.8 Å². The Bertz CT molecular complexity index is 514. The lowest BCUT2D eigenvalue weighted by molar-refractivity contribution is 0.0172. The summed E-state index contributed by atoms with van der Waals surface area (Å²) in [6.07, 6.45) is 11.8. The summed E-state index contributed by atoms with van der Waals surface area (Å²) in [6.45, 7) is 1.87. The minimum atomic E-state index is -0.184. The van der Waals surface area contributed by atoms with Crippen LogP contribution >= 0.6 is 0 Å². The van der Waals surface area contributed by atoms with Crippen LogP contribution in [0, 0.1) is 12.3 Å². The summed E-state index contributed by atoms with van der Waals surface area (Å²) >= 11 is 0. The maximum Gasteiger partial charge on any atom is 0.184 e. The van der Waals surface area contributed by atoms with Crippen LogP contribution in [0.2, 0.25) is 0 Å². The van der Waals surface area contributed by atoms with Crippen molar-refractivity contribution in [2.75, 3.05) is 0 Å². The quantitative estimate of drug-likeness (QED) is 0.844. The number of pyridine rings is 1. The van der Waals surface area contributed by atoms with Crippen LogP contribution in [0.15, 0.2) is 23.3 Å². The summed E-state index contributed by atoms with van der Waals surface area (Å²) < 4.78 is 2.20. The van der Waals surface area contributed by atoms with Crippen LogP contribution in [0.25, 0.3) is 0 Å². The average Bonchev–Trinajstić information content (AvgIpc) is 2.86. The molecule has 1 aromatic rings. The van der Waals surface area contributed by atoms with E-state index in [0.717, 1.165) is 24.8 Å². The highest BCUT2D eigenvalue weighted by Crippen LogP contribution is 2.54. The summed E-state index contributed by atoms with van der Waals surface area (Å²) in [6, 6.07) is 2.02. The first-order valence-corrected chi connectivity index (χ1v) is 7.47. The standard InChI is InChI=1S/C16H23NO2/c1-12-11-17(9-5-14(12)19)15-10-13(18)4-8-16(15)6-2-3-7-16/h5,9,11,13,15,18H,2-4,6-8,10H2,1H3. The highest BCUT2D eigenvalue weighted by Gasteiger charge is 2.45. The highest BCUT2D eigenvalue weighted by atomic mass is 16.3. The maximum absolute atomic E-state index is 11.6. The molecular formula is C16H23NO2. The van der Waals surface area contributed by atoms with Crippen molar-refractivity contribution in [2.45, 2.75) is 64.0 Å². The molecule has 3 nitrogen and oxygen atoms in total. The van der Waals surface area contributed by atoms with E-state index in [1.807, 2.05) is 19.3 Å². The van der Waals surface area contributed by atoms with E-state index in [1.165, 1.54) is 25.7 Å². The molecule has 0 aromatic carbocycles. The fourth-order valence-corrected chi connectivity index (χ4v) is 4.16. The minimum absolute atomic E-state index is 0.105. The van der Waals surface area contributed by atoms with Crippen molar-refractivity contribution in [2.24, 2.45) is 5.41 Å². The van der Waals surface area contributed by atoms with E-state index in [4.69, 9.17) is 0 Å². The van der Waals surface area contributed by atoms with E-state index in [1.54, 1.807) is 6.07 Å². The van der Waals surface area contributed by atoms with Gasteiger partial charge >= 0.3 is 0 Å². The Morgan fingerprint density at radius 3 is 2.74 bits per heavy atom. The SMILES string of the molecule is Cc1cn(C2CC(O)CCC23CCCC3)ccc1=O. The van der Waals surface area contributed by atoms with Crippen LogP contribution in [0.4, 0.5) is 0 Å². The Hall–Kier alpha value is -1.09. The smallest absolute Gasteiger partial charge is 0.184 e. The third kappa shape index (κ3) is 2.25. The Labute approximate surface area is 114 Å². The van der Waals surface area contributed by atoms with Gasteiger partial charge in [0.05, 0.1) is 6.10 Å². The Kier molecular flexibility index (Phi) is 3.25. The molecule has 1 N–H and O–H groups in total. The summed E-state index contributed by atoms with van der Waals surface area (Å²) in [5.74, 6) is 0. The number of aliphatic hydroxyl groups is 1. The topological polar surface area (TPSA) is 42.2 Å². The summed E-state index contributed by atoms with van der Waals surface area (Å²) in [5.41, 5.74) is 1.27. The molecule has 2 aliphatic rings. The van der Waals surface area contributed by atoms with Crippen molar-refractivity contribution in [3.63, 3.8) is 0 Å². The first-order chi connectivity index (χ1) is 9.11. The monoisotopic (exact) mass is 261 g/mol. The molecule has 0 saturated heterocycles. The molecule has 3 rings (SSSR count). The van der Waals surface area contributed by atoms with Gasteiger partial charge in [-0.2, -0.15) is 0 Å². The molecule has 0 aliphatic heterocycles.